The lowest BCUT2D eigenvalue weighted by Gasteiger charge is -2.25. The van der Waals surface area contributed by atoms with Gasteiger partial charge < -0.3 is 15.3 Å². The Bertz CT molecular complexity index is 1260. The van der Waals surface area contributed by atoms with Crippen molar-refractivity contribution in [2.45, 2.75) is 19.6 Å². The molecule has 0 spiro atoms. The molecule has 0 saturated heterocycles. The van der Waals surface area contributed by atoms with E-state index in [0.717, 1.165) is 15.7 Å². The van der Waals surface area contributed by atoms with Gasteiger partial charge in [0, 0.05) is 20.6 Å². The maximum Gasteiger partial charge on any atom is 0.336 e. The molecule has 3 aromatic rings. The van der Waals surface area contributed by atoms with E-state index in [-0.39, 0.29) is 23.0 Å². The zero-order valence-electron chi connectivity index (χ0n) is 16.9. The van der Waals surface area contributed by atoms with E-state index in [9.17, 15) is 19.5 Å². The fraction of sp³-hybridized carbons (Fsp3) is 0.227. The van der Waals surface area contributed by atoms with Crippen molar-refractivity contribution in [3.63, 3.8) is 0 Å². The van der Waals surface area contributed by atoms with Crippen LogP contribution in [0.4, 0.5) is 11.5 Å². The third-order valence-corrected chi connectivity index (χ3v) is 5.50. The van der Waals surface area contributed by atoms with Gasteiger partial charge in [0.05, 0.1) is 11.7 Å². The lowest BCUT2D eigenvalue weighted by atomic mass is 9.98. The maximum atomic E-state index is 12.5. The molecule has 2 aromatic carbocycles. The van der Waals surface area contributed by atoms with E-state index in [2.05, 4.69) is 5.32 Å². The highest BCUT2D eigenvalue weighted by Crippen LogP contribution is 2.32. The van der Waals surface area contributed by atoms with Crippen LogP contribution in [0.15, 0.2) is 58.1 Å². The first-order valence-electron chi connectivity index (χ1n) is 9.54. The monoisotopic (exact) mass is 406 g/mol. The summed E-state index contributed by atoms with van der Waals surface area (Å²) in [5.74, 6) is -0.401. The molecular formula is C22H22N4O4. The third-order valence-electron chi connectivity index (χ3n) is 5.50. The fourth-order valence-corrected chi connectivity index (χ4v) is 3.89. The second-order valence-corrected chi connectivity index (χ2v) is 7.40. The molecule has 1 aliphatic rings. The van der Waals surface area contributed by atoms with E-state index in [1.807, 2.05) is 42.2 Å². The van der Waals surface area contributed by atoms with Crippen LogP contribution in [0.2, 0.25) is 0 Å². The van der Waals surface area contributed by atoms with Gasteiger partial charge in [0.2, 0.25) is 0 Å². The molecule has 1 aromatic heterocycles. The standard InChI is InChI=1S/C22H22N4O4/c1-13-23-18-19(24(2)22(30)25(3)20(18)27)26(13)12-14-8-10-15(11-9-14)16-6-4-5-7-17(16)21(28)29/h4-11,13,23H,12H2,1-3H3,(H,28,29). The molecule has 0 fully saturated rings. The van der Waals surface area contributed by atoms with Crippen molar-refractivity contribution in [1.29, 1.82) is 0 Å². The zero-order valence-corrected chi connectivity index (χ0v) is 16.9. The van der Waals surface area contributed by atoms with Crippen molar-refractivity contribution in [3.8, 4) is 11.1 Å². The summed E-state index contributed by atoms with van der Waals surface area (Å²) in [5.41, 5.74) is 2.39. The molecule has 0 aliphatic carbocycles. The van der Waals surface area contributed by atoms with Crippen LogP contribution in [0.3, 0.4) is 0 Å². The average molecular weight is 406 g/mol. The number of fused-ring (bicyclic) bond motifs is 1. The number of rotatable bonds is 4. The summed E-state index contributed by atoms with van der Waals surface area (Å²) in [5, 5.41) is 12.6. The van der Waals surface area contributed by atoms with Crippen LogP contribution in [0.25, 0.3) is 11.1 Å². The molecule has 8 heteroatoms. The third kappa shape index (κ3) is 3.06. The highest BCUT2D eigenvalue weighted by molar-refractivity contribution is 5.96. The number of nitrogens with one attached hydrogen (secondary N) is 1. The summed E-state index contributed by atoms with van der Waals surface area (Å²) in [4.78, 5) is 38.3. The Morgan fingerprint density at radius 3 is 2.37 bits per heavy atom. The van der Waals surface area contributed by atoms with Gasteiger partial charge in [0.25, 0.3) is 5.56 Å². The summed E-state index contributed by atoms with van der Waals surface area (Å²) >= 11 is 0. The number of nitrogens with zero attached hydrogens (tertiary/aromatic N) is 3. The first-order valence-corrected chi connectivity index (χ1v) is 9.54. The molecule has 154 valence electrons. The summed E-state index contributed by atoms with van der Waals surface area (Å²) in [6.45, 7) is 2.42. The van der Waals surface area contributed by atoms with E-state index >= 15 is 0 Å². The number of hydrogen-bond donors (Lipinski definition) is 2. The number of anilines is 2. The lowest BCUT2D eigenvalue weighted by Crippen LogP contribution is -2.39. The number of carbonyl (C=O) groups is 1. The first-order chi connectivity index (χ1) is 14.3. The van der Waals surface area contributed by atoms with Crippen molar-refractivity contribution in [1.82, 2.24) is 9.13 Å². The number of carboxylic acid groups (broad SMARTS) is 1. The molecule has 8 nitrogen and oxygen atoms in total. The Morgan fingerprint density at radius 1 is 1.03 bits per heavy atom. The number of aromatic nitrogens is 2. The zero-order chi connectivity index (χ0) is 21.6. The van der Waals surface area contributed by atoms with Gasteiger partial charge in [-0.05, 0) is 29.7 Å². The maximum absolute atomic E-state index is 12.5. The summed E-state index contributed by atoms with van der Waals surface area (Å²) in [6.07, 6.45) is -0.159. The molecule has 4 rings (SSSR count). The predicted octanol–water partition coefficient (Wildman–Crippen LogP) is 2.23. The second-order valence-electron chi connectivity index (χ2n) is 7.40. The lowest BCUT2D eigenvalue weighted by molar-refractivity contribution is 0.0697. The molecule has 2 N–H and O–H groups in total. The molecule has 0 amide bonds. The second kappa shape index (κ2) is 7.22. The minimum Gasteiger partial charge on any atom is -0.478 e. The van der Waals surface area contributed by atoms with Gasteiger partial charge in [-0.3, -0.25) is 13.9 Å². The quantitative estimate of drug-likeness (QED) is 0.690. The van der Waals surface area contributed by atoms with Crippen molar-refractivity contribution in [2.75, 3.05) is 10.2 Å². The minimum atomic E-state index is -0.967. The number of hydrogen-bond acceptors (Lipinski definition) is 5. The Balaban J connectivity index is 1.67. The van der Waals surface area contributed by atoms with Crippen molar-refractivity contribution < 1.29 is 9.90 Å². The van der Waals surface area contributed by atoms with Gasteiger partial charge >= 0.3 is 11.7 Å². The normalized spacial score (nSPS) is 15.0. The molecule has 2 heterocycles. The van der Waals surface area contributed by atoms with Crippen molar-refractivity contribution in [3.05, 3.63) is 80.5 Å². The molecular weight excluding hydrogens is 384 g/mol. The van der Waals surface area contributed by atoms with Gasteiger partial charge in [-0.25, -0.2) is 9.59 Å². The Morgan fingerprint density at radius 2 is 1.70 bits per heavy atom. The number of aromatic carboxylic acids is 1. The molecule has 0 saturated carbocycles. The Hall–Kier alpha value is -3.81. The minimum absolute atomic E-state index is 0.159. The van der Waals surface area contributed by atoms with E-state index in [4.69, 9.17) is 0 Å². The highest BCUT2D eigenvalue weighted by Gasteiger charge is 2.31. The highest BCUT2D eigenvalue weighted by atomic mass is 16.4. The van der Waals surface area contributed by atoms with E-state index in [1.54, 1.807) is 25.2 Å². The van der Waals surface area contributed by atoms with Crippen molar-refractivity contribution in [2.24, 2.45) is 14.1 Å². The average Bonchev–Trinajstić information content (AvgIpc) is 3.07. The van der Waals surface area contributed by atoms with Crippen LogP contribution in [0.1, 0.15) is 22.8 Å². The summed E-state index contributed by atoms with van der Waals surface area (Å²) in [7, 11) is 3.12. The molecule has 1 unspecified atom stereocenters. The number of benzene rings is 2. The Labute approximate surface area is 172 Å². The van der Waals surface area contributed by atoms with Crippen LogP contribution in [0, 0.1) is 0 Å². The first kappa shape index (κ1) is 19.5. The number of carboxylic acids is 1. The van der Waals surface area contributed by atoms with Crippen LogP contribution in [-0.2, 0) is 20.6 Å². The van der Waals surface area contributed by atoms with Gasteiger partial charge in [0.1, 0.15) is 11.5 Å². The smallest absolute Gasteiger partial charge is 0.336 e. The van der Waals surface area contributed by atoms with Crippen molar-refractivity contribution >= 4 is 17.5 Å². The van der Waals surface area contributed by atoms with Gasteiger partial charge in [0.15, 0.2) is 0 Å². The molecule has 0 radical (unpaired) electrons. The summed E-state index contributed by atoms with van der Waals surface area (Å²) in [6, 6.07) is 14.5. The topological polar surface area (TPSA) is 96.6 Å². The van der Waals surface area contributed by atoms with Crippen LogP contribution < -0.4 is 21.5 Å². The van der Waals surface area contributed by atoms with E-state index in [0.29, 0.717) is 23.6 Å². The van der Waals surface area contributed by atoms with E-state index in [1.165, 1.54) is 11.6 Å². The fourth-order valence-electron chi connectivity index (χ4n) is 3.89. The van der Waals surface area contributed by atoms with Crippen LogP contribution >= 0.6 is 0 Å². The van der Waals surface area contributed by atoms with Gasteiger partial charge in [-0.2, -0.15) is 0 Å². The largest absolute Gasteiger partial charge is 0.478 e. The SMILES string of the molecule is CC1Nc2c(n(C)c(=O)n(C)c2=O)N1Cc1ccc(-c2ccccc2C(=O)O)cc1. The Kier molecular flexibility index (Phi) is 4.69. The van der Waals surface area contributed by atoms with Crippen LogP contribution in [0.5, 0.6) is 0 Å². The van der Waals surface area contributed by atoms with Gasteiger partial charge in [-0.15, -0.1) is 0 Å². The summed E-state index contributed by atoms with van der Waals surface area (Å²) < 4.78 is 2.57. The van der Waals surface area contributed by atoms with E-state index < -0.39 is 5.97 Å². The van der Waals surface area contributed by atoms with Gasteiger partial charge in [-0.1, -0.05) is 42.5 Å². The molecule has 1 aliphatic heterocycles. The molecule has 30 heavy (non-hydrogen) atoms. The van der Waals surface area contributed by atoms with Crippen LogP contribution in [-0.4, -0.2) is 26.4 Å². The molecule has 0 bridgehead atoms. The predicted molar refractivity (Wildman–Crippen MR) is 115 cm³/mol. The molecule has 1 atom stereocenters.